The maximum atomic E-state index is 12.3. The molecule has 3 rings (SSSR count). The number of aromatic nitrogens is 3. The molecule has 0 atom stereocenters. The molecule has 1 aliphatic heterocycles. The fourth-order valence-electron chi connectivity index (χ4n) is 2.71. The second kappa shape index (κ2) is 8.03. The second-order valence-corrected chi connectivity index (χ2v) is 5.88. The minimum atomic E-state index is -0.167. The van der Waals surface area contributed by atoms with Crippen molar-refractivity contribution in [1.29, 1.82) is 0 Å². The van der Waals surface area contributed by atoms with Crippen LogP contribution in [0.1, 0.15) is 21.7 Å². The highest BCUT2D eigenvalue weighted by Crippen LogP contribution is 2.07. The first-order chi connectivity index (χ1) is 11.7. The Balaban J connectivity index is 1.53. The van der Waals surface area contributed by atoms with E-state index >= 15 is 0 Å². The highest BCUT2D eigenvalue weighted by atomic mass is 16.5. The summed E-state index contributed by atoms with van der Waals surface area (Å²) in [7, 11) is 0. The van der Waals surface area contributed by atoms with E-state index < -0.39 is 0 Å². The van der Waals surface area contributed by atoms with Crippen LogP contribution in [0.2, 0.25) is 0 Å². The number of morpholine rings is 1. The van der Waals surface area contributed by atoms with Gasteiger partial charge >= 0.3 is 0 Å². The summed E-state index contributed by atoms with van der Waals surface area (Å²) in [6.45, 7) is 7.28. The molecule has 0 aliphatic carbocycles. The molecule has 0 spiro atoms. The molecule has 24 heavy (non-hydrogen) atoms. The van der Waals surface area contributed by atoms with Crippen LogP contribution in [0.4, 0.5) is 0 Å². The maximum Gasteiger partial charge on any atom is 0.273 e. The van der Waals surface area contributed by atoms with Crippen molar-refractivity contribution >= 4 is 5.91 Å². The molecule has 7 nitrogen and oxygen atoms in total. The van der Waals surface area contributed by atoms with E-state index in [-0.39, 0.29) is 5.91 Å². The van der Waals surface area contributed by atoms with Crippen LogP contribution in [0, 0.1) is 6.92 Å². The SMILES string of the molecule is Cc1c(C(=O)NCCN2CCOCC2)nnn1Cc1ccccc1. The maximum absolute atomic E-state index is 12.3. The van der Waals surface area contributed by atoms with Gasteiger partial charge in [-0.25, -0.2) is 4.68 Å². The lowest BCUT2D eigenvalue weighted by Crippen LogP contribution is -2.41. The molecule has 1 aromatic heterocycles. The van der Waals surface area contributed by atoms with Crippen LogP contribution in [0.5, 0.6) is 0 Å². The molecule has 0 unspecified atom stereocenters. The first-order valence-corrected chi connectivity index (χ1v) is 8.26. The third-order valence-corrected chi connectivity index (χ3v) is 4.19. The Morgan fingerprint density at radius 1 is 1.25 bits per heavy atom. The van der Waals surface area contributed by atoms with Crippen molar-refractivity contribution in [2.75, 3.05) is 39.4 Å². The van der Waals surface area contributed by atoms with Gasteiger partial charge in [0.05, 0.1) is 25.5 Å². The number of carbonyl (C=O) groups excluding carboxylic acids is 1. The van der Waals surface area contributed by atoms with Crippen molar-refractivity contribution < 1.29 is 9.53 Å². The third kappa shape index (κ3) is 4.18. The summed E-state index contributed by atoms with van der Waals surface area (Å²) in [4.78, 5) is 14.6. The van der Waals surface area contributed by atoms with Crippen LogP contribution < -0.4 is 5.32 Å². The number of nitrogens with one attached hydrogen (secondary N) is 1. The van der Waals surface area contributed by atoms with E-state index in [1.54, 1.807) is 4.68 Å². The topological polar surface area (TPSA) is 72.3 Å². The monoisotopic (exact) mass is 329 g/mol. The average Bonchev–Trinajstić information content (AvgIpc) is 2.97. The molecule has 0 radical (unpaired) electrons. The first-order valence-electron chi connectivity index (χ1n) is 8.26. The highest BCUT2D eigenvalue weighted by Gasteiger charge is 2.17. The van der Waals surface area contributed by atoms with Crippen molar-refractivity contribution in [1.82, 2.24) is 25.2 Å². The molecule has 1 aromatic carbocycles. The van der Waals surface area contributed by atoms with Crippen molar-refractivity contribution in [3.63, 3.8) is 0 Å². The fourth-order valence-corrected chi connectivity index (χ4v) is 2.71. The zero-order chi connectivity index (χ0) is 16.8. The smallest absolute Gasteiger partial charge is 0.273 e. The summed E-state index contributed by atoms with van der Waals surface area (Å²) in [6, 6.07) is 10.0. The largest absolute Gasteiger partial charge is 0.379 e. The molecule has 2 aromatic rings. The molecule has 128 valence electrons. The molecule has 1 N–H and O–H groups in total. The quantitative estimate of drug-likeness (QED) is 0.844. The van der Waals surface area contributed by atoms with Crippen molar-refractivity contribution in [3.8, 4) is 0 Å². The first kappa shape index (κ1) is 16.6. The lowest BCUT2D eigenvalue weighted by atomic mass is 10.2. The summed E-state index contributed by atoms with van der Waals surface area (Å²) in [5.41, 5.74) is 2.31. The van der Waals surface area contributed by atoms with E-state index in [2.05, 4.69) is 20.5 Å². The molecule has 0 bridgehead atoms. The number of rotatable bonds is 6. The third-order valence-electron chi connectivity index (χ3n) is 4.19. The number of amides is 1. The van der Waals surface area contributed by atoms with Gasteiger partial charge in [-0.05, 0) is 12.5 Å². The molecule has 2 heterocycles. The molecule has 1 aliphatic rings. The van der Waals surface area contributed by atoms with Gasteiger partial charge in [0.15, 0.2) is 5.69 Å². The summed E-state index contributed by atoms with van der Waals surface area (Å²) in [5, 5.41) is 11.1. The molecular formula is C17H23N5O2. The Labute approximate surface area is 141 Å². The van der Waals surface area contributed by atoms with Crippen molar-refractivity contribution in [3.05, 3.63) is 47.3 Å². The summed E-state index contributed by atoms with van der Waals surface area (Å²) in [5.74, 6) is -0.167. The van der Waals surface area contributed by atoms with Crippen molar-refractivity contribution in [2.45, 2.75) is 13.5 Å². The highest BCUT2D eigenvalue weighted by molar-refractivity contribution is 5.93. The van der Waals surface area contributed by atoms with E-state index in [4.69, 9.17) is 4.74 Å². The van der Waals surface area contributed by atoms with E-state index in [1.165, 1.54) is 0 Å². The predicted molar refractivity (Wildman–Crippen MR) is 89.9 cm³/mol. The Morgan fingerprint density at radius 3 is 2.75 bits per heavy atom. The minimum absolute atomic E-state index is 0.167. The van der Waals surface area contributed by atoms with E-state index in [1.807, 2.05) is 37.3 Å². The summed E-state index contributed by atoms with van der Waals surface area (Å²) >= 11 is 0. The normalized spacial score (nSPS) is 15.4. The molecule has 1 amide bonds. The van der Waals surface area contributed by atoms with Gasteiger partial charge in [0.2, 0.25) is 0 Å². The number of nitrogens with zero attached hydrogens (tertiary/aromatic N) is 4. The minimum Gasteiger partial charge on any atom is -0.379 e. The molecule has 0 saturated carbocycles. The van der Waals surface area contributed by atoms with Gasteiger partial charge in [0.25, 0.3) is 5.91 Å². The van der Waals surface area contributed by atoms with E-state index in [9.17, 15) is 4.79 Å². The Hall–Kier alpha value is -2.25. The van der Waals surface area contributed by atoms with Gasteiger partial charge in [0.1, 0.15) is 0 Å². The second-order valence-electron chi connectivity index (χ2n) is 5.88. The lowest BCUT2D eigenvalue weighted by Gasteiger charge is -2.26. The van der Waals surface area contributed by atoms with Crippen molar-refractivity contribution in [2.24, 2.45) is 0 Å². The van der Waals surface area contributed by atoms with Crippen LogP contribution in [0.3, 0.4) is 0 Å². The summed E-state index contributed by atoms with van der Waals surface area (Å²) < 4.78 is 7.07. The van der Waals surface area contributed by atoms with Crippen LogP contribution >= 0.6 is 0 Å². The lowest BCUT2D eigenvalue weighted by molar-refractivity contribution is 0.0383. The van der Waals surface area contributed by atoms with Crippen LogP contribution in [0.25, 0.3) is 0 Å². The van der Waals surface area contributed by atoms with Gasteiger partial charge in [-0.15, -0.1) is 5.10 Å². The fraction of sp³-hybridized carbons (Fsp3) is 0.471. The average molecular weight is 329 g/mol. The zero-order valence-corrected chi connectivity index (χ0v) is 13.9. The van der Waals surface area contributed by atoms with E-state index in [0.29, 0.717) is 18.8 Å². The van der Waals surface area contributed by atoms with Crippen LogP contribution in [-0.2, 0) is 11.3 Å². The van der Waals surface area contributed by atoms with Crippen LogP contribution in [0.15, 0.2) is 30.3 Å². The Morgan fingerprint density at radius 2 is 2.00 bits per heavy atom. The standard InChI is InChI=1S/C17H23N5O2/c1-14-16(17(23)18-7-8-21-9-11-24-12-10-21)19-20-22(14)13-15-5-3-2-4-6-15/h2-6H,7-13H2,1H3,(H,18,23). The Kier molecular flexibility index (Phi) is 5.55. The number of hydrogen-bond donors (Lipinski definition) is 1. The molecular weight excluding hydrogens is 306 g/mol. The number of carbonyl (C=O) groups is 1. The molecule has 1 saturated heterocycles. The van der Waals surface area contributed by atoms with Gasteiger partial charge in [-0.1, -0.05) is 35.5 Å². The Bertz CT molecular complexity index is 665. The zero-order valence-electron chi connectivity index (χ0n) is 13.9. The van der Waals surface area contributed by atoms with Gasteiger partial charge < -0.3 is 10.1 Å². The predicted octanol–water partition coefficient (Wildman–Crippen LogP) is 0.697. The van der Waals surface area contributed by atoms with Gasteiger partial charge in [-0.3, -0.25) is 9.69 Å². The number of ether oxygens (including phenoxy) is 1. The van der Waals surface area contributed by atoms with Gasteiger partial charge in [0, 0.05) is 26.2 Å². The number of hydrogen-bond acceptors (Lipinski definition) is 5. The molecule has 7 heteroatoms. The van der Waals surface area contributed by atoms with E-state index in [0.717, 1.165) is 44.1 Å². The number of benzene rings is 1. The van der Waals surface area contributed by atoms with Gasteiger partial charge in [-0.2, -0.15) is 0 Å². The summed E-state index contributed by atoms with van der Waals surface area (Å²) in [6.07, 6.45) is 0. The molecule has 1 fully saturated rings. The van der Waals surface area contributed by atoms with Crippen LogP contribution in [-0.4, -0.2) is 65.2 Å².